The van der Waals surface area contributed by atoms with Gasteiger partial charge in [-0.3, -0.25) is 9.59 Å². The molecule has 4 heteroatoms. The predicted octanol–water partition coefficient (Wildman–Crippen LogP) is 2.29. The fourth-order valence-electron chi connectivity index (χ4n) is 1.86. The highest BCUT2D eigenvalue weighted by Gasteiger charge is 2.18. The summed E-state index contributed by atoms with van der Waals surface area (Å²) in [6.45, 7) is 10.3. The van der Waals surface area contributed by atoms with Crippen LogP contribution in [0.4, 0.5) is 0 Å². The van der Waals surface area contributed by atoms with E-state index in [1.165, 1.54) is 0 Å². The first-order chi connectivity index (χ1) is 7.61. The number of rotatable bonds is 6. The highest BCUT2D eigenvalue weighted by molar-refractivity contribution is 5.77. The minimum Gasteiger partial charge on any atom is -0.481 e. The van der Waals surface area contributed by atoms with Crippen LogP contribution in [0.5, 0.6) is 0 Å². The topological polar surface area (TPSA) is 66.4 Å². The fourth-order valence-corrected chi connectivity index (χ4v) is 1.86. The van der Waals surface area contributed by atoms with Crippen molar-refractivity contribution >= 4 is 11.9 Å². The van der Waals surface area contributed by atoms with E-state index in [0.29, 0.717) is 12.3 Å². The maximum Gasteiger partial charge on any atom is 0.308 e. The van der Waals surface area contributed by atoms with Crippen molar-refractivity contribution < 1.29 is 14.7 Å². The summed E-state index contributed by atoms with van der Waals surface area (Å²) in [6, 6.07) is 0. The van der Waals surface area contributed by atoms with Gasteiger partial charge in [-0.2, -0.15) is 0 Å². The van der Waals surface area contributed by atoms with Gasteiger partial charge in [-0.05, 0) is 17.8 Å². The predicted molar refractivity (Wildman–Crippen MR) is 67.7 cm³/mol. The van der Waals surface area contributed by atoms with E-state index in [4.69, 9.17) is 5.11 Å². The van der Waals surface area contributed by atoms with Crippen molar-refractivity contribution in [1.29, 1.82) is 0 Å². The molecule has 0 aromatic heterocycles. The van der Waals surface area contributed by atoms with E-state index >= 15 is 0 Å². The lowest BCUT2D eigenvalue weighted by Gasteiger charge is -2.22. The molecule has 0 aliphatic rings. The summed E-state index contributed by atoms with van der Waals surface area (Å²) >= 11 is 0. The first kappa shape index (κ1) is 15.9. The Balaban J connectivity index is 3.90. The van der Waals surface area contributed by atoms with Crippen LogP contribution in [0.15, 0.2) is 0 Å². The molecule has 0 rings (SSSR count). The third-order valence-electron chi connectivity index (χ3n) is 2.52. The summed E-state index contributed by atoms with van der Waals surface area (Å²) in [4.78, 5) is 22.1. The van der Waals surface area contributed by atoms with Gasteiger partial charge in [0.2, 0.25) is 5.91 Å². The molecule has 0 saturated heterocycles. The van der Waals surface area contributed by atoms with Crippen LogP contribution in [-0.2, 0) is 9.59 Å². The second-order valence-electron chi connectivity index (χ2n) is 6.12. The summed E-state index contributed by atoms with van der Waals surface area (Å²) in [7, 11) is 0. The highest BCUT2D eigenvalue weighted by Crippen LogP contribution is 2.25. The minimum absolute atomic E-state index is 0.0603. The zero-order valence-electron chi connectivity index (χ0n) is 11.5. The Hall–Kier alpha value is -1.06. The maximum absolute atomic E-state index is 11.6. The summed E-state index contributed by atoms with van der Waals surface area (Å²) in [5.41, 5.74) is 0.216. The van der Waals surface area contributed by atoms with Crippen LogP contribution in [0, 0.1) is 17.3 Å². The average Bonchev–Trinajstić information content (AvgIpc) is 2.10. The molecule has 0 bridgehead atoms. The molecular formula is C13H25NO3. The van der Waals surface area contributed by atoms with Crippen molar-refractivity contribution in [1.82, 2.24) is 5.32 Å². The van der Waals surface area contributed by atoms with Gasteiger partial charge in [-0.1, -0.05) is 34.6 Å². The third kappa shape index (κ3) is 8.72. The molecule has 17 heavy (non-hydrogen) atoms. The number of carboxylic acid groups (broad SMARTS) is 1. The molecular weight excluding hydrogens is 218 g/mol. The number of carboxylic acids is 1. The van der Waals surface area contributed by atoms with Crippen LogP contribution in [0.1, 0.15) is 47.5 Å². The first-order valence-electron chi connectivity index (χ1n) is 6.11. The van der Waals surface area contributed by atoms with Crippen molar-refractivity contribution in [3.63, 3.8) is 0 Å². The Bertz CT molecular complexity index is 268. The molecule has 0 aromatic carbocycles. The summed E-state index contributed by atoms with van der Waals surface area (Å²) in [6.07, 6.45) is 1.44. The molecule has 4 nitrogen and oxygen atoms in total. The molecule has 0 aliphatic carbocycles. The second kappa shape index (κ2) is 6.62. The SMILES string of the molecule is CC(CC(=O)NCC(C)C(=O)O)CC(C)(C)C. The molecule has 0 spiro atoms. The van der Waals surface area contributed by atoms with Gasteiger partial charge in [0, 0.05) is 13.0 Å². The standard InChI is InChI=1S/C13H25NO3/c1-9(7-13(3,4)5)6-11(15)14-8-10(2)12(16)17/h9-10H,6-8H2,1-5H3,(H,14,15)(H,16,17). The number of hydrogen-bond acceptors (Lipinski definition) is 2. The highest BCUT2D eigenvalue weighted by atomic mass is 16.4. The number of aliphatic carboxylic acids is 1. The lowest BCUT2D eigenvalue weighted by Crippen LogP contribution is -2.32. The normalized spacial score (nSPS) is 15.1. The minimum atomic E-state index is -0.881. The second-order valence-corrected chi connectivity index (χ2v) is 6.12. The van der Waals surface area contributed by atoms with Crippen molar-refractivity contribution in [3.05, 3.63) is 0 Å². The van der Waals surface area contributed by atoms with E-state index in [9.17, 15) is 9.59 Å². The number of amides is 1. The van der Waals surface area contributed by atoms with E-state index in [0.717, 1.165) is 6.42 Å². The van der Waals surface area contributed by atoms with E-state index in [1.54, 1.807) is 6.92 Å². The largest absolute Gasteiger partial charge is 0.481 e. The van der Waals surface area contributed by atoms with Crippen LogP contribution >= 0.6 is 0 Å². The Morgan fingerprint density at radius 2 is 1.76 bits per heavy atom. The summed E-state index contributed by atoms with van der Waals surface area (Å²) < 4.78 is 0. The van der Waals surface area contributed by atoms with Gasteiger partial charge in [0.1, 0.15) is 0 Å². The van der Waals surface area contributed by atoms with Gasteiger partial charge in [0.15, 0.2) is 0 Å². The zero-order chi connectivity index (χ0) is 13.6. The van der Waals surface area contributed by atoms with Crippen molar-refractivity contribution in [2.45, 2.75) is 47.5 Å². The molecule has 0 saturated carbocycles. The zero-order valence-corrected chi connectivity index (χ0v) is 11.5. The van der Waals surface area contributed by atoms with Crippen LogP contribution in [0.25, 0.3) is 0 Å². The lowest BCUT2D eigenvalue weighted by molar-refractivity contribution is -0.141. The van der Waals surface area contributed by atoms with Crippen LogP contribution < -0.4 is 5.32 Å². The van der Waals surface area contributed by atoms with Crippen molar-refractivity contribution in [2.24, 2.45) is 17.3 Å². The molecule has 0 heterocycles. The fraction of sp³-hybridized carbons (Fsp3) is 0.846. The van der Waals surface area contributed by atoms with E-state index in [-0.39, 0.29) is 17.9 Å². The van der Waals surface area contributed by atoms with Gasteiger partial charge in [-0.15, -0.1) is 0 Å². The number of nitrogens with one attached hydrogen (secondary N) is 1. The number of carbonyl (C=O) groups is 2. The summed E-state index contributed by atoms with van der Waals surface area (Å²) in [5, 5.41) is 11.3. The first-order valence-corrected chi connectivity index (χ1v) is 6.11. The third-order valence-corrected chi connectivity index (χ3v) is 2.52. The molecule has 0 aliphatic heterocycles. The Morgan fingerprint density at radius 3 is 2.18 bits per heavy atom. The van der Waals surface area contributed by atoms with Gasteiger partial charge in [0.25, 0.3) is 0 Å². The van der Waals surface area contributed by atoms with Crippen molar-refractivity contribution in [2.75, 3.05) is 6.54 Å². The summed E-state index contributed by atoms with van der Waals surface area (Å²) in [5.74, 6) is -1.16. The van der Waals surface area contributed by atoms with Gasteiger partial charge in [0.05, 0.1) is 5.92 Å². The van der Waals surface area contributed by atoms with Crippen LogP contribution in [0.2, 0.25) is 0 Å². The van der Waals surface area contributed by atoms with Gasteiger partial charge >= 0.3 is 5.97 Å². The maximum atomic E-state index is 11.6. The van der Waals surface area contributed by atoms with E-state index in [1.807, 2.05) is 6.92 Å². The van der Waals surface area contributed by atoms with Crippen LogP contribution in [-0.4, -0.2) is 23.5 Å². The molecule has 2 atom stereocenters. The monoisotopic (exact) mass is 243 g/mol. The molecule has 2 unspecified atom stereocenters. The van der Waals surface area contributed by atoms with Crippen LogP contribution in [0.3, 0.4) is 0 Å². The quantitative estimate of drug-likeness (QED) is 0.752. The van der Waals surface area contributed by atoms with E-state index < -0.39 is 11.9 Å². The molecule has 100 valence electrons. The average molecular weight is 243 g/mol. The number of carbonyl (C=O) groups excluding carboxylic acids is 1. The Labute approximate surface area is 104 Å². The number of hydrogen-bond donors (Lipinski definition) is 2. The van der Waals surface area contributed by atoms with Crippen molar-refractivity contribution in [3.8, 4) is 0 Å². The molecule has 0 aromatic rings. The Morgan fingerprint density at radius 1 is 1.24 bits per heavy atom. The molecule has 0 radical (unpaired) electrons. The molecule has 1 amide bonds. The van der Waals surface area contributed by atoms with E-state index in [2.05, 4.69) is 26.1 Å². The molecule has 2 N–H and O–H groups in total. The smallest absolute Gasteiger partial charge is 0.308 e. The Kier molecular flexibility index (Phi) is 6.21. The van der Waals surface area contributed by atoms with Gasteiger partial charge in [-0.25, -0.2) is 0 Å². The lowest BCUT2D eigenvalue weighted by atomic mass is 9.84. The molecule has 0 fully saturated rings. The van der Waals surface area contributed by atoms with Gasteiger partial charge < -0.3 is 10.4 Å².